The maximum atomic E-state index is 13.2. The van der Waals surface area contributed by atoms with E-state index in [4.69, 9.17) is 9.47 Å². The van der Waals surface area contributed by atoms with Crippen molar-refractivity contribution in [2.75, 3.05) is 17.3 Å². The summed E-state index contributed by atoms with van der Waals surface area (Å²) in [7, 11) is 1.59. The number of fused-ring (bicyclic) bond motifs is 1. The van der Waals surface area contributed by atoms with Gasteiger partial charge >= 0.3 is 5.97 Å². The number of hydrogen-bond acceptors (Lipinski definition) is 5. The predicted molar refractivity (Wildman–Crippen MR) is 114 cm³/mol. The summed E-state index contributed by atoms with van der Waals surface area (Å²) in [5.74, 6) is -0.471. The number of benzene rings is 2. The molecule has 7 heteroatoms. The summed E-state index contributed by atoms with van der Waals surface area (Å²) in [5, 5.41) is 2.81. The Hall–Kier alpha value is -3.35. The molecular formula is C23H26N2O5. The van der Waals surface area contributed by atoms with E-state index in [0.29, 0.717) is 17.8 Å². The zero-order valence-corrected chi connectivity index (χ0v) is 17.6. The van der Waals surface area contributed by atoms with Crippen LogP contribution in [-0.2, 0) is 25.5 Å². The van der Waals surface area contributed by atoms with Crippen LogP contribution in [0.1, 0.15) is 32.8 Å². The first kappa shape index (κ1) is 21.4. The van der Waals surface area contributed by atoms with Gasteiger partial charge in [-0.15, -0.1) is 0 Å². The first-order chi connectivity index (χ1) is 14.2. The molecule has 0 fully saturated rings. The SMILES string of the molecule is COc1ccc(CCC(=O)O[C@@H](C)C(=O)N2c3ccccc3NC(=O)C2(C)C)cc1. The second-order valence-electron chi connectivity index (χ2n) is 7.68. The molecule has 1 heterocycles. The van der Waals surface area contributed by atoms with Crippen molar-refractivity contribution in [3.8, 4) is 5.75 Å². The third-order valence-corrected chi connectivity index (χ3v) is 5.16. The number of carbonyl (C=O) groups excluding carboxylic acids is 3. The minimum Gasteiger partial charge on any atom is -0.497 e. The molecule has 1 aliphatic heterocycles. The highest BCUT2D eigenvalue weighted by molar-refractivity contribution is 6.15. The highest BCUT2D eigenvalue weighted by atomic mass is 16.5. The van der Waals surface area contributed by atoms with Crippen molar-refractivity contribution >= 4 is 29.2 Å². The number of para-hydroxylation sites is 2. The summed E-state index contributed by atoms with van der Waals surface area (Å²) in [6.07, 6.45) is -0.388. The van der Waals surface area contributed by atoms with Crippen molar-refractivity contribution in [2.24, 2.45) is 0 Å². The Morgan fingerprint density at radius 3 is 2.43 bits per heavy atom. The quantitative estimate of drug-likeness (QED) is 0.739. The molecule has 0 bridgehead atoms. The number of aryl methyl sites for hydroxylation is 1. The number of amides is 2. The summed E-state index contributed by atoms with van der Waals surface area (Å²) in [6.45, 7) is 4.85. The highest BCUT2D eigenvalue weighted by Gasteiger charge is 2.45. The molecule has 158 valence electrons. The topological polar surface area (TPSA) is 84.9 Å². The molecule has 1 N–H and O–H groups in total. The third kappa shape index (κ3) is 4.30. The lowest BCUT2D eigenvalue weighted by molar-refractivity contribution is -0.154. The molecule has 0 spiro atoms. The van der Waals surface area contributed by atoms with E-state index in [9.17, 15) is 14.4 Å². The van der Waals surface area contributed by atoms with E-state index < -0.39 is 23.5 Å². The van der Waals surface area contributed by atoms with Crippen LogP contribution in [0.3, 0.4) is 0 Å². The van der Waals surface area contributed by atoms with E-state index >= 15 is 0 Å². The van der Waals surface area contributed by atoms with E-state index in [1.807, 2.05) is 24.3 Å². The van der Waals surface area contributed by atoms with Crippen LogP contribution in [-0.4, -0.2) is 36.5 Å². The monoisotopic (exact) mass is 410 g/mol. The van der Waals surface area contributed by atoms with Gasteiger partial charge < -0.3 is 14.8 Å². The van der Waals surface area contributed by atoms with Crippen molar-refractivity contribution in [1.29, 1.82) is 0 Å². The molecule has 2 aromatic rings. The first-order valence-corrected chi connectivity index (χ1v) is 9.81. The molecule has 1 atom stereocenters. The van der Waals surface area contributed by atoms with Crippen molar-refractivity contribution in [3.05, 3.63) is 54.1 Å². The average Bonchev–Trinajstić information content (AvgIpc) is 2.73. The molecule has 0 aliphatic carbocycles. The molecule has 7 nitrogen and oxygen atoms in total. The standard InChI is InChI=1S/C23H26N2O5/c1-15(30-20(26)14-11-16-9-12-17(29-4)13-10-16)21(27)25-19-8-6-5-7-18(19)24-22(28)23(25,2)3/h5-10,12-13,15H,11,14H2,1-4H3,(H,24,28)/t15-/m0/s1. The predicted octanol–water partition coefficient (Wildman–Crippen LogP) is 3.32. The number of nitrogens with one attached hydrogen (secondary N) is 1. The van der Waals surface area contributed by atoms with E-state index in [-0.39, 0.29) is 12.3 Å². The first-order valence-electron chi connectivity index (χ1n) is 9.81. The molecule has 30 heavy (non-hydrogen) atoms. The van der Waals surface area contributed by atoms with E-state index in [1.165, 1.54) is 11.8 Å². The van der Waals surface area contributed by atoms with Crippen LogP contribution in [0.25, 0.3) is 0 Å². The second kappa shape index (κ2) is 8.57. The fourth-order valence-corrected chi connectivity index (χ4v) is 3.37. The van der Waals surface area contributed by atoms with Gasteiger partial charge in [-0.1, -0.05) is 24.3 Å². The van der Waals surface area contributed by atoms with Gasteiger partial charge in [0.15, 0.2) is 6.10 Å². The Balaban J connectivity index is 1.67. The molecule has 0 saturated heterocycles. The minimum absolute atomic E-state index is 0.143. The molecule has 2 amide bonds. The van der Waals surface area contributed by atoms with Crippen LogP contribution in [0.2, 0.25) is 0 Å². The van der Waals surface area contributed by atoms with Gasteiger partial charge in [-0.05, 0) is 57.0 Å². The minimum atomic E-state index is -1.12. The molecule has 0 radical (unpaired) electrons. The molecule has 0 aromatic heterocycles. The van der Waals surface area contributed by atoms with Crippen molar-refractivity contribution in [2.45, 2.75) is 45.3 Å². The van der Waals surface area contributed by atoms with E-state index in [1.54, 1.807) is 45.2 Å². The van der Waals surface area contributed by atoms with Crippen LogP contribution in [0, 0.1) is 0 Å². The zero-order valence-electron chi connectivity index (χ0n) is 17.6. The summed E-state index contributed by atoms with van der Waals surface area (Å²) in [6, 6.07) is 14.5. The lowest BCUT2D eigenvalue weighted by Gasteiger charge is -2.42. The van der Waals surface area contributed by atoms with Gasteiger partial charge in [-0.2, -0.15) is 0 Å². The largest absolute Gasteiger partial charge is 0.497 e. The molecule has 0 unspecified atom stereocenters. The Kier molecular flexibility index (Phi) is 6.10. The van der Waals surface area contributed by atoms with Crippen LogP contribution in [0.4, 0.5) is 11.4 Å². The van der Waals surface area contributed by atoms with E-state index in [2.05, 4.69) is 5.32 Å². The smallest absolute Gasteiger partial charge is 0.306 e. The van der Waals surface area contributed by atoms with Gasteiger partial charge in [-0.3, -0.25) is 19.3 Å². The Morgan fingerprint density at radius 1 is 1.10 bits per heavy atom. The number of anilines is 2. The summed E-state index contributed by atoms with van der Waals surface area (Å²) < 4.78 is 10.5. The van der Waals surface area contributed by atoms with Crippen molar-refractivity contribution in [3.63, 3.8) is 0 Å². The van der Waals surface area contributed by atoms with E-state index in [0.717, 1.165) is 11.3 Å². The maximum absolute atomic E-state index is 13.2. The number of methoxy groups -OCH3 is 1. The molecule has 0 saturated carbocycles. The van der Waals surface area contributed by atoms with Crippen LogP contribution in [0.15, 0.2) is 48.5 Å². The van der Waals surface area contributed by atoms with Crippen molar-refractivity contribution < 1.29 is 23.9 Å². The fraction of sp³-hybridized carbons (Fsp3) is 0.348. The number of esters is 1. The van der Waals surface area contributed by atoms with Crippen LogP contribution < -0.4 is 15.0 Å². The molecular weight excluding hydrogens is 384 g/mol. The van der Waals surface area contributed by atoms with Crippen LogP contribution >= 0.6 is 0 Å². The molecule has 2 aromatic carbocycles. The summed E-state index contributed by atoms with van der Waals surface area (Å²) in [5.41, 5.74) is 0.978. The zero-order chi connectivity index (χ0) is 21.9. The van der Waals surface area contributed by atoms with Gasteiger partial charge in [0.05, 0.1) is 18.5 Å². The van der Waals surface area contributed by atoms with Gasteiger partial charge in [0.25, 0.3) is 5.91 Å². The highest BCUT2D eigenvalue weighted by Crippen LogP contribution is 2.37. The van der Waals surface area contributed by atoms with Crippen molar-refractivity contribution in [1.82, 2.24) is 0 Å². The normalized spacial score (nSPS) is 15.6. The number of hydrogen-bond donors (Lipinski definition) is 1. The fourth-order valence-electron chi connectivity index (χ4n) is 3.37. The Labute approximate surface area is 176 Å². The maximum Gasteiger partial charge on any atom is 0.306 e. The Bertz CT molecular complexity index is 952. The lowest BCUT2D eigenvalue weighted by atomic mass is 9.95. The molecule has 1 aliphatic rings. The van der Waals surface area contributed by atoms with Gasteiger partial charge in [0.2, 0.25) is 5.91 Å². The number of ether oxygens (including phenoxy) is 2. The lowest BCUT2D eigenvalue weighted by Crippen LogP contribution is -2.60. The second-order valence-corrected chi connectivity index (χ2v) is 7.68. The molecule has 3 rings (SSSR count). The Morgan fingerprint density at radius 2 is 1.77 bits per heavy atom. The number of carbonyl (C=O) groups is 3. The van der Waals surface area contributed by atoms with Crippen LogP contribution in [0.5, 0.6) is 5.75 Å². The number of nitrogens with zero attached hydrogens (tertiary/aromatic N) is 1. The van der Waals surface area contributed by atoms with Gasteiger partial charge in [0, 0.05) is 6.42 Å². The van der Waals surface area contributed by atoms with Gasteiger partial charge in [0.1, 0.15) is 11.3 Å². The third-order valence-electron chi connectivity index (χ3n) is 5.16. The van der Waals surface area contributed by atoms with Gasteiger partial charge in [-0.25, -0.2) is 0 Å². The summed E-state index contributed by atoms with van der Waals surface area (Å²) >= 11 is 0. The summed E-state index contributed by atoms with van der Waals surface area (Å²) in [4.78, 5) is 39.4. The average molecular weight is 410 g/mol. The number of rotatable bonds is 6.